The fourth-order valence-corrected chi connectivity index (χ4v) is 3.39. The molecule has 0 amide bonds. The summed E-state index contributed by atoms with van der Waals surface area (Å²) >= 11 is 5.88. The highest BCUT2D eigenvalue weighted by atomic mass is 35.5. The SMILES string of the molecule is CC(C)(C)CCC1(C(=O)c2cc(Cl)c(N)c(C(F)(F)F)c2)CCNC1. The summed E-state index contributed by atoms with van der Waals surface area (Å²) < 4.78 is 39.6. The lowest BCUT2D eigenvalue weighted by molar-refractivity contribution is -0.136. The number of anilines is 1. The van der Waals surface area contributed by atoms with E-state index in [0.717, 1.165) is 12.5 Å². The number of carbonyl (C=O) groups is 1. The number of ketones is 1. The van der Waals surface area contributed by atoms with Gasteiger partial charge in [-0.05, 0) is 43.4 Å². The summed E-state index contributed by atoms with van der Waals surface area (Å²) in [6.45, 7) is 7.37. The first-order valence-electron chi connectivity index (χ1n) is 8.27. The Balaban J connectivity index is 2.42. The van der Waals surface area contributed by atoms with Crippen molar-refractivity contribution in [3.05, 3.63) is 28.3 Å². The Morgan fingerprint density at radius 3 is 2.44 bits per heavy atom. The van der Waals surface area contributed by atoms with Crippen LogP contribution in [0.1, 0.15) is 56.0 Å². The molecule has 0 radical (unpaired) electrons. The van der Waals surface area contributed by atoms with Crippen LogP contribution in [0.5, 0.6) is 0 Å². The van der Waals surface area contributed by atoms with Crippen LogP contribution in [0.2, 0.25) is 5.02 Å². The van der Waals surface area contributed by atoms with Crippen LogP contribution in [-0.4, -0.2) is 18.9 Å². The fourth-order valence-electron chi connectivity index (χ4n) is 3.17. The Bertz CT molecular complexity index is 660. The lowest BCUT2D eigenvalue weighted by Gasteiger charge is -2.30. The van der Waals surface area contributed by atoms with Gasteiger partial charge in [-0.1, -0.05) is 32.4 Å². The zero-order valence-corrected chi connectivity index (χ0v) is 15.4. The molecule has 0 spiro atoms. The molecule has 1 atom stereocenters. The van der Waals surface area contributed by atoms with Crippen LogP contribution < -0.4 is 11.1 Å². The third-order valence-corrected chi connectivity index (χ3v) is 5.09. The number of benzene rings is 1. The average molecular weight is 377 g/mol. The molecule has 0 saturated carbocycles. The van der Waals surface area contributed by atoms with E-state index in [1.165, 1.54) is 6.07 Å². The lowest BCUT2D eigenvalue weighted by Crippen LogP contribution is -2.35. The van der Waals surface area contributed by atoms with Gasteiger partial charge in [0.1, 0.15) is 0 Å². The molecule has 1 aromatic carbocycles. The molecule has 1 aliphatic heterocycles. The minimum atomic E-state index is -4.66. The number of hydrogen-bond acceptors (Lipinski definition) is 3. The maximum Gasteiger partial charge on any atom is 0.418 e. The molecule has 1 heterocycles. The maximum absolute atomic E-state index is 13.2. The molecule has 3 nitrogen and oxygen atoms in total. The van der Waals surface area contributed by atoms with Crippen molar-refractivity contribution in [2.24, 2.45) is 10.8 Å². The molecule has 1 saturated heterocycles. The largest absolute Gasteiger partial charge is 0.418 e. The third kappa shape index (κ3) is 4.47. The van der Waals surface area contributed by atoms with Gasteiger partial charge in [0.15, 0.2) is 5.78 Å². The number of nitrogens with one attached hydrogen (secondary N) is 1. The molecule has 1 unspecified atom stereocenters. The molecule has 2 rings (SSSR count). The minimum Gasteiger partial charge on any atom is -0.397 e. The highest BCUT2D eigenvalue weighted by Gasteiger charge is 2.43. The van der Waals surface area contributed by atoms with Crippen LogP contribution in [0.4, 0.5) is 18.9 Å². The van der Waals surface area contributed by atoms with Crippen molar-refractivity contribution < 1.29 is 18.0 Å². The van der Waals surface area contributed by atoms with Crippen molar-refractivity contribution in [2.75, 3.05) is 18.8 Å². The average Bonchev–Trinajstić information content (AvgIpc) is 2.95. The first-order chi connectivity index (χ1) is 11.4. The molecule has 25 heavy (non-hydrogen) atoms. The second-order valence-corrected chi connectivity index (χ2v) is 8.42. The van der Waals surface area contributed by atoms with E-state index in [2.05, 4.69) is 26.1 Å². The van der Waals surface area contributed by atoms with Gasteiger partial charge < -0.3 is 11.1 Å². The molecule has 0 bridgehead atoms. The smallest absolute Gasteiger partial charge is 0.397 e. The van der Waals surface area contributed by atoms with Crippen molar-refractivity contribution in [3.8, 4) is 0 Å². The van der Waals surface area contributed by atoms with Gasteiger partial charge in [0.05, 0.1) is 16.3 Å². The zero-order valence-electron chi connectivity index (χ0n) is 14.7. The number of carbonyl (C=O) groups excluding carboxylic acids is 1. The van der Waals surface area contributed by atoms with E-state index >= 15 is 0 Å². The molecule has 140 valence electrons. The Morgan fingerprint density at radius 1 is 1.32 bits per heavy atom. The molecule has 7 heteroatoms. The van der Waals surface area contributed by atoms with Gasteiger partial charge in [0.25, 0.3) is 0 Å². The topological polar surface area (TPSA) is 55.1 Å². The van der Waals surface area contributed by atoms with E-state index in [0.29, 0.717) is 25.9 Å². The minimum absolute atomic E-state index is 0.0239. The van der Waals surface area contributed by atoms with Crippen LogP contribution in [-0.2, 0) is 6.18 Å². The Hall–Kier alpha value is -1.27. The molecule has 0 aromatic heterocycles. The second kappa shape index (κ2) is 6.80. The van der Waals surface area contributed by atoms with Gasteiger partial charge in [0, 0.05) is 17.5 Å². The van der Waals surface area contributed by atoms with Gasteiger partial charge in [-0.25, -0.2) is 0 Å². The number of Topliss-reactive ketones (excluding diaryl/α,β-unsaturated/α-hetero) is 1. The second-order valence-electron chi connectivity index (χ2n) is 8.01. The van der Waals surface area contributed by atoms with Crippen LogP contribution in [0.25, 0.3) is 0 Å². The summed E-state index contributed by atoms with van der Waals surface area (Å²) in [4.78, 5) is 13.1. The monoisotopic (exact) mass is 376 g/mol. The first-order valence-corrected chi connectivity index (χ1v) is 8.65. The summed E-state index contributed by atoms with van der Waals surface area (Å²) in [5.74, 6) is -0.297. The maximum atomic E-state index is 13.2. The summed E-state index contributed by atoms with van der Waals surface area (Å²) in [5.41, 5.74) is 3.18. The molecule has 3 N–H and O–H groups in total. The van der Waals surface area contributed by atoms with Gasteiger partial charge in [-0.3, -0.25) is 4.79 Å². The first kappa shape index (κ1) is 20.0. The number of rotatable bonds is 4. The van der Waals surface area contributed by atoms with Crippen molar-refractivity contribution in [3.63, 3.8) is 0 Å². The highest BCUT2D eigenvalue weighted by Crippen LogP contribution is 2.42. The normalized spacial score (nSPS) is 21.6. The van der Waals surface area contributed by atoms with Crippen molar-refractivity contribution in [1.82, 2.24) is 5.32 Å². The summed E-state index contributed by atoms with van der Waals surface area (Å²) in [6.07, 6.45) is -2.64. The number of nitrogens with two attached hydrogens (primary N) is 1. The van der Waals surface area contributed by atoms with Crippen LogP contribution in [0.15, 0.2) is 12.1 Å². The molecule has 1 aromatic rings. The van der Waals surface area contributed by atoms with Gasteiger partial charge in [0.2, 0.25) is 0 Å². The predicted octanol–water partition coefficient (Wildman–Crippen LogP) is 4.93. The quantitative estimate of drug-likeness (QED) is 0.578. The van der Waals surface area contributed by atoms with Crippen LogP contribution in [0, 0.1) is 10.8 Å². The van der Waals surface area contributed by atoms with Crippen molar-refractivity contribution >= 4 is 23.1 Å². The van der Waals surface area contributed by atoms with Crippen LogP contribution in [0.3, 0.4) is 0 Å². The van der Waals surface area contributed by atoms with E-state index in [1.807, 2.05) is 0 Å². The van der Waals surface area contributed by atoms with E-state index in [1.54, 1.807) is 0 Å². The fraction of sp³-hybridized carbons (Fsp3) is 0.611. The lowest BCUT2D eigenvalue weighted by atomic mass is 9.72. The van der Waals surface area contributed by atoms with Gasteiger partial charge in [-0.2, -0.15) is 13.2 Å². The summed E-state index contributed by atoms with van der Waals surface area (Å²) in [5, 5.41) is 2.93. The number of halogens is 4. The molecule has 1 fully saturated rings. The number of nitrogen functional groups attached to an aromatic ring is 1. The molecular weight excluding hydrogens is 353 g/mol. The summed E-state index contributed by atoms with van der Waals surface area (Å²) in [6, 6.07) is 2.09. The Morgan fingerprint density at radius 2 is 1.96 bits per heavy atom. The van der Waals surface area contributed by atoms with Crippen LogP contribution >= 0.6 is 11.6 Å². The zero-order chi connectivity index (χ0) is 19.0. The third-order valence-electron chi connectivity index (χ3n) is 4.78. The Labute approximate surface area is 151 Å². The predicted molar refractivity (Wildman–Crippen MR) is 93.8 cm³/mol. The Kier molecular flexibility index (Phi) is 5.45. The van der Waals surface area contributed by atoms with E-state index in [4.69, 9.17) is 17.3 Å². The van der Waals surface area contributed by atoms with Gasteiger partial charge in [-0.15, -0.1) is 0 Å². The molecule has 1 aliphatic rings. The van der Waals surface area contributed by atoms with Gasteiger partial charge >= 0.3 is 6.18 Å². The highest BCUT2D eigenvalue weighted by molar-refractivity contribution is 6.33. The summed E-state index contributed by atoms with van der Waals surface area (Å²) in [7, 11) is 0. The molecule has 0 aliphatic carbocycles. The van der Waals surface area contributed by atoms with E-state index in [-0.39, 0.29) is 21.8 Å². The van der Waals surface area contributed by atoms with Crippen molar-refractivity contribution in [1.29, 1.82) is 0 Å². The van der Waals surface area contributed by atoms with E-state index < -0.39 is 22.8 Å². The molecular formula is C18H24ClF3N2O. The number of alkyl halides is 3. The van der Waals surface area contributed by atoms with E-state index in [9.17, 15) is 18.0 Å². The number of hydrogen-bond donors (Lipinski definition) is 2. The van der Waals surface area contributed by atoms with Crippen molar-refractivity contribution in [2.45, 2.75) is 46.2 Å². The standard InChI is InChI=1S/C18H24ClF3N2O/c1-16(2,3)4-5-17(6-7-24-10-17)15(25)11-8-12(18(20,21)22)14(23)13(19)9-11/h8-9,24H,4-7,10,23H2,1-3H3.